The third kappa shape index (κ3) is 3.99. The molecule has 1 amide bonds. The summed E-state index contributed by atoms with van der Waals surface area (Å²) in [6.45, 7) is 3.94. The second-order valence-electron chi connectivity index (χ2n) is 3.74. The Morgan fingerprint density at radius 1 is 1.44 bits per heavy atom. The van der Waals surface area contributed by atoms with Gasteiger partial charge in [0.2, 0.25) is 17.1 Å². The number of nitrogens with one attached hydrogen (secondary N) is 1. The van der Waals surface area contributed by atoms with Crippen LogP contribution >= 0.6 is 11.6 Å². The maximum absolute atomic E-state index is 11.7. The maximum atomic E-state index is 11.7. The van der Waals surface area contributed by atoms with Crippen molar-refractivity contribution in [2.75, 3.05) is 26.0 Å². The molecule has 18 heavy (non-hydrogen) atoms. The van der Waals surface area contributed by atoms with Gasteiger partial charge >= 0.3 is 6.01 Å². The van der Waals surface area contributed by atoms with Crippen LogP contribution in [0.4, 0.5) is 5.95 Å². The second-order valence-corrected chi connectivity index (χ2v) is 4.08. The highest BCUT2D eigenvalue weighted by molar-refractivity contribution is 6.28. The van der Waals surface area contributed by atoms with Gasteiger partial charge in [0.1, 0.15) is 6.04 Å². The molecule has 7 nitrogen and oxygen atoms in total. The van der Waals surface area contributed by atoms with Crippen LogP contribution < -0.4 is 10.1 Å². The number of likely N-dealkylation sites (N-methyl/N-ethyl adjacent to an activating group) is 1. The van der Waals surface area contributed by atoms with E-state index in [4.69, 9.17) is 16.3 Å². The Hall–Kier alpha value is -1.63. The van der Waals surface area contributed by atoms with Crippen molar-refractivity contribution in [3.8, 4) is 6.01 Å². The zero-order valence-electron chi connectivity index (χ0n) is 10.8. The van der Waals surface area contributed by atoms with Crippen molar-refractivity contribution in [2.45, 2.75) is 19.9 Å². The van der Waals surface area contributed by atoms with Crippen LogP contribution in [0, 0.1) is 0 Å². The van der Waals surface area contributed by atoms with E-state index >= 15 is 0 Å². The summed E-state index contributed by atoms with van der Waals surface area (Å²) in [4.78, 5) is 24.8. The smallest absolute Gasteiger partial charge is 0.322 e. The molecule has 8 heteroatoms. The van der Waals surface area contributed by atoms with Crippen LogP contribution in [-0.4, -0.2) is 52.5 Å². The summed E-state index contributed by atoms with van der Waals surface area (Å²) >= 11 is 5.73. The van der Waals surface area contributed by atoms with Gasteiger partial charge in [0.05, 0.1) is 6.61 Å². The molecule has 0 aliphatic heterocycles. The molecule has 0 aliphatic carbocycles. The first-order valence-corrected chi connectivity index (χ1v) is 5.84. The van der Waals surface area contributed by atoms with Gasteiger partial charge in [-0.3, -0.25) is 4.79 Å². The fourth-order valence-electron chi connectivity index (χ4n) is 1.23. The molecule has 0 radical (unpaired) electrons. The molecule has 1 atom stereocenters. The van der Waals surface area contributed by atoms with E-state index in [1.54, 1.807) is 21.0 Å². The predicted octanol–water partition coefficient (Wildman–Crippen LogP) is 0.812. The van der Waals surface area contributed by atoms with Crippen molar-refractivity contribution >= 4 is 23.5 Å². The molecule has 0 bridgehead atoms. The number of amides is 1. The Labute approximate surface area is 111 Å². The number of anilines is 1. The summed E-state index contributed by atoms with van der Waals surface area (Å²) in [7, 11) is 3.35. The van der Waals surface area contributed by atoms with Crippen LogP contribution in [0.1, 0.15) is 13.8 Å². The molecule has 0 spiro atoms. The molecular weight excluding hydrogens is 258 g/mol. The van der Waals surface area contributed by atoms with Gasteiger partial charge in [-0.25, -0.2) is 0 Å². The summed E-state index contributed by atoms with van der Waals surface area (Å²) in [5.41, 5.74) is 0. The third-order valence-electron chi connectivity index (χ3n) is 2.02. The minimum absolute atomic E-state index is 0.0143. The summed E-state index contributed by atoms with van der Waals surface area (Å²) in [6.07, 6.45) is 0. The highest BCUT2D eigenvalue weighted by Gasteiger charge is 2.16. The summed E-state index contributed by atoms with van der Waals surface area (Å²) in [5, 5.41) is 2.86. The van der Waals surface area contributed by atoms with E-state index in [0.29, 0.717) is 6.61 Å². The molecule has 1 heterocycles. The Kier molecular flexibility index (Phi) is 5.08. The molecule has 0 fully saturated rings. The van der Waals surface area contributed by atoms with E-state index < -0.39 is 6.04 Å². The number of aromatic nitrogens is 3. The molecule has 1 aromatic heterocycles. The van der Waals surface area contributed by atoms with Crippen LogP contribution in [0.2, 0.25) is 5.28 Å². The standard InChI is InChI=1S/C10H16ClN5O2/c1-5-18-10-14-8(11)13-9(15-10)12-6(2)7(17)16(3)4/h6H,5H2,1-4H3,(H,12,13,14,15). The molecule has 0 aromatic carbocycles. The number of rotatable bonds is 5. The molecule has 1 aromatic rings. The second kappa shape index (κ2) is 6.34. The highest BCUT2D eigenvalue weighted by Crippen LogP contribution is 2.12. The Balaban J connectivity index is 2.80. The zero-order valence-corrected chi connectivity index (χ0v) is 11.5. The van der Waals surface area contributed by atoms with E-state index in [9.17, 15) is 4.79 Å². The van der Waals surface area contributed by atoms with Crippen molar-refractivity contribution in [1.29, 1.82) is 0 Å². The molecule has 1 rings (SSSR count). The SMILES string of the molecule is CCOc1nc(Cl)nc(NC(C)C(=O)N(C)C)n1. The van der Waals surface area contributed by atoms with Gasteiger partial charge in [0.15, 0.2) is 0 Å². The number of halogens is 1. The van der Waals surface area contributed by atoms with E-state index in [2.05, 4.69) is 20.3 Å². The number of hydrogen-bond acceptors (Lipinski definition) is 6. The van der Waals surface area contributed by atoms with E-state index in [-0.39, 0.29) is 23.1 Å². The number of hydrogen-bond donors (Lipinski definition) is 1. The monoisotopic (exact) mass is 273 g/mol. The van der Waals surface area contributed by atoms with Gasteiger partial charge in [-0.05, 0) is 25.4 Å². The fourth-order valence-corrected chi connectivity index (χ4v) is 1.39. The largest absolute Gasteiger partial charge is 0.464 e. The summed E-state index contributed by atoms with van der Waals surface area (Å²) in [5.74, 6) is 0.116. The van der Waals surface area contributed by atoms with Crippen molar-refractivity contribution in [3.63, 3.8) is 0 Å². The number of nitrogens with zero attached hydrogens (tertiary/aromatic N) is 4. The number of carbonyl (C=O) groups excluding carboxylic acids is 1. The van der Waals surface area contributed by atoms with Crippen molar-refractivity contribution < 1.29 is 9.53 Å². The molecule has 1 N–H and O–H groups in total. The molecule has 0 aliphatic rings. The van der Waals surface area contributed by atoms with Gasteiger partial charge in [0, 0.05) is 14.1 Å². The lowest BCUT2D eigenvalue weighted by molar-refractivity contribution is -0.129. The van der Waals surface area contributed by atoms with Crippen LogP contribution in [0.15, 0.2) is 0 Å². The summed E-state index contributed by atoms with van der Waals surface area (Å²) < 4.78 is 5.13. The Morgan fingerprint density at radius 2 is 2.11 bits per heavy atom. The lowest BCUT2D eigenvalue weighted by Gasteiger charge is -2.17. The van der Waals surface area contributed by atoms with Crippen LogP contribution in [0.25, 0.3) is 0 Å². The van der Waals surface area contributed by atoms with Gasteiger partial charge in [-0.15, -0.1) is 0 Å². The van der Waals surface area contributed by atoms with Gasteiger partial charge in [-0.1, -0.05) is 0 Å². The molecule has 0 saturated heterocycles. The molecule has 1 unspecified atom stereocenters. The topological polar surface area (TPSA) is 80.2 Å². The average Bonchev–Trinajstić information content (AvgIpc) is 2.27. The number of carbonyl (C=O) groups is 1. The first kappa shape index (κ1) is 14.4. The Bertz CT molecular complexity index is 427. The van der Waals surface area contributed by atoms with E-state index in [1.165, 1.54) is 4.90 Å². The molecular formula is C10H16ClN5O2. The lowest BCUT2D eigenvalue weighted by atomic mass is 10.3. The summed E-state index contributed by atoms with van der Waals surface area (Å²) in [6, 6.07) is -0.336. The van der Waals surface area contributed by atoms with Gasteiger partial charge < -0.3 is 15.0 Å². The zero-order chi connectivity index (χ0) is 13.7. The highest BCUT2D eigenvalue weighted by atomic mass is 35.5. The maximum Gasteiger partial charge on any atom is 0.322 e. The molecule has 0 saturated carbocycles. The first-order valence-electron chi connectivity index (χ1n) is 5.46. The average molecular weight is 274 g/mol. The van der Waals surface area contributed by atoms with E-state index in [1.807, 2.05) is 6.92 Å². The lowest BCUT2D eigenvalue weighted by Crippen LogP contribution is -2.37. The van der Waals surface area contributed by atoms with Crippen LogP contribution in [0.3, 0.4) is 0 Å². The Morgan fingerprint density at radius 3 is 2.67 bits per heavy atom. The van der Waals surface area contributed by atoms with Crippen molar-refractivity contribution in [2.24, 2.45) is 0 Å². The van der Waals surface area contributed by atoms with E-state index in [0.717, 1.165) is 0 Å². The van der Waals surface area contributed by atoms with Crippen molar-refractivity contribution in [1.82, 2.24) is 19.9 Å². The van der Waals surface area contributed by atoms with Gasteiger partial charge in [-0.2, -0.15) is 15.0 Å². The minimum Gasteiger partial charge on any atom is -0.464 e. The van der Waals surface area contributed by atoms with Crippen molar-refractivity contribution in [3.05, 3.63) is 5.28 Å². The third-order valence-corrected chi connectivity index (χ3v) is 2.19. The normalized spacial score (nSPS) is 11.8. The minimum atomic E-state index is -0.465. The van der Waals surface area contributed by atoms with Crippen LogP contribution in [0.5, 0.6) is 6.01 Å². The first-order chi connectivity index (χ1) is 8.43. The fraction of sp³-hybridized carbons (Fsp3) is 0.600. The van der Waals surface area contributed by atoms with Gasteiger partial charge in [0.25, 0.3) is 0 Å². The molecule has 100 valence electrons. The quantitative estimate of drug-likeness (QED) is 0.855. The van der Waals surface area contributed by atoms with Crippen LogP contribution in [-0.2, 0) is 4.79 Å². The predicted molar refractivity (Wildman–Crippen MR) is 67.8 cm³/mol. The number of ether oxygens (including phenoxy) is 1.